The minimum absolute atomic E-state index is 0.0945. The van der Waals surface area contributed by atoms with Gasteiger partial charge in [-0.2, -0.15) is 0 Å². The molecular formula is C25H31F3N2O3. The van der Waals surface area contributed by atoms with Crippen molar-refractivity contribution < 1.29 is 27.5 Å². The van der Waals surface area contributed by atoms with Crippen LogP contribution in [0.4, 0.5) is 13.2 Å². The van der Waals surface area contributed by atoms with E-state index in [1.54, 1.807) is 20.8 Å². The van der Waals surface area contributed by atoms with Crippen molar-refractivity contribution >= 4 is 11.9 Å². The summed E-state index contributed by atoms with van der Waals surface area (Å²) in [5.41, 5.74) is 7.64. The lowest BCUT2D eigenvalue weighted by Crippen LogP contribution is -2.43. The van der Waals surface area contributed by atoms with Crippen molar-refractivity contribution in [3.8, 4) is 11.1 Å². The number of hydrogen-bond acceptors (Lipinski definition) is 4. The van der Waals surface area contributed by atoms with Gasteiger partial charge in [-0.15, -0.1) is 0 Å². The Morgan fingerprint density at radius 2 is 1.67 bits per heavy atom. The molecule has 2 rings (SSSR count). The summed E-state index contributed by atoms with van der Waals surface area (Å²) in [6, 6.07) is 2.89. The molecule has 2 atom stereocenters. The van der Waals surface area contributed by atoms with Gasteiger partial charge in [0, 0.05) is 5.56 Å². The zero-order valence-corrected chi connectivity index (χ0v) is 19.6. The molecule has 0 aliphatic carbocycles. The summed E-state index contributed by atoms with van der Waals surface area (Å²) in [5.74, 6) is -3.92. The van der Waals surface area contributed by atoms with E-state index >= 15 is 0 Å². The highest BCUT2D eigenvalue weighted by Crippen LogP contribution is 2.33. The van der Waals surface area contributed by atoms with E-state index in [4.69, 9.17) is 10.5 Å². The van der Waals surface area contributed by atoms with Gasteiger partial charge in [-0.05, 0) is 79.6 Å². The first-order valence-corrected chi connectivity index (χ1v) is 10.9. The van der Waals surface area contributed by atoms with Gasteiger partial charge in [-0.1, -0.05) is 13.8 Å². The van der Waals surface area contributed by atoms with Crippen molar-refractivity contribution in [2.75, 3.05) is 6.61 Å². The van der Waals surface area contributed by atoms with Gasteiger partial charge in [-0.3, -0.25) is 9.59 Å². The van der Waals surface area contributed by atoms with Gasteiger partial charge < -0.3 is 15.8 Å². The second-order valence-electron chi connectivity index (χ2n) is 8.58. The molecule has 2 aromatic rings. The maximum absolute atomic E-state index is 14.9. The number of benzene rings is 2. The summed E-state index contributed by atoms with van der Waals surface area (Å²) in [6.45, 7) is 8.83. The number of halogens is 3. The molecule has 0 saturated carbocycles. The molecule has 0 bridgehead atoms. The smallest absolute Gasteiger partial charge is 0.308 e. The van der Waals surface area contributed by atoms with E-state index in [2.05, 4.69) is 5.32 Å². The fourth-order valence-electron chi connectivity index (χ4n) is 3.89. The van der Waals surface area contributed by atoms with Crippen LogP contribution < -0.4 is 11.1 Å². The fourth-order valence-corrected chi connectivity index (χ4v) is 3.89. The number of nitrogens with one attached hydrogen (secondary N) is 1. The summed E-state index contributed by atoms with van der Waals surface area (Å²) >= 11 is 0. The minimum Gasteiger partial charge on any atom is -0.466 e. The third-order valence-electron chi connectivity index (χ3n) is 5.27. The standard InChI is InChI=1S/C25H31F3N2O3/c1-6-33-22(31)12-21(30-25(32)20(29)7-13(2)3)18-10-16(11-19(27)24(18)28)23-14(4)8-17(26)9-15(23)5/h8-11,13,20-21H,6-7,12,29H2,1-5H3,(H,30,32)/t20-,21-/m0/s1. The number of carbonyl (C=O) groups is 2. The molecule has 2 aromatic carbocycles. The lowest BCUT2D eigenvalue weighted by Gasteiger charge is -2.23. The van der Waals surface area contributed by atoms with Gasteiger partial charge in [0.25, 0.3) is 0 Å². The summed E-state index contributed by atoms with van der Waals surface area (Å²) in [4.78, 5) is 24.8. The summed E-state index contributed by atoms with van der Waals surface area (Å²) in [5, 5.41) is 2.58. The molecule has 1 amide bonds. The highest BCUT2D eigenvalue weighted by atomic mass is 19.2. The molecule has 180 valence electrons. The fraction of sp³-hybridized carbons (Fsp3) is 0.440. The Kier molecular flexibility index (Phi) is 9.05. The molecule has 0 unspecified atom stereocenters. The van der Waals surface area contributed by atoms with Gasteiger partial charge in [0.05, 0.1) is 25.1 Å². The van der Waals surface area contributed by atoms with Crippen molar-refractivity contribution in [3.05, 3.63) is 58.4 Å². The maximum Gasteiger partial charge on any atom is 0.308 e. The van der Waals surface area contributed by atoms with Crippen LogP contribution in [-0.2, 0) is 14.3 Å². The van der Waals surface area contributed by atoms with Crippen molar-refractivity contribution in [1.29, 1.82) is 0 Å². The van der Waals surface area contributed by atoms with Gasteiger partial charge in [0.15, 0.2) is 11.6 Å². The van der Waals surface area contributed by atoms with Crippen LogP contribution >= 0.6 is 0 Å². The second kappa shape index (κ2) is 11.3. The van der Waals surface area contributed by atoms with E-state index in [1.807, 2.05) is 13.8 Å². The van der Waals surface area contributed by atoms with E-state index in [0.717, 1.165) is 6.07 Å². The number of carbonyl (C=O) groups excluding carboxylic acids is 2. The molecule has 5 nitrogen and oxygen atoms in total. The predicted octanol–water partition coefficient (Wildman–Crippen LogP) is 4.87. The lowest BCUT2D eigenvalue weighted by molar-refractivity contribution is -0.143. The number of hydrogen-bond donors (Lipinski definition) is 2. The van der Waals surface area contributed by atoms with E-state index in [9.17, 15) is 22.8 Å². The summed E-state index contributed by atoms with van der Waals surface area (Å²) in [7, 11) is 0. The molecule has 0 spiro atoms. The molecular weight excluding hydrogens is 433 g/mol. The number of nitrogens with two attached hydrogens (primary N) is 1. The SMILES string of the molecule is CCOC(=O)C[C@H](NC(=O)[C@@H](N)CC(C)C)c1cc(-c2c(C)cc(F)cc2C)cc(F)c1F. The minimum atomic E-state index is -1.20. The van der Waals surface area contributed by atoms with Crippen LogP contribution in [0.2, 0.25) is 0 Å². The zero-order chi connectivity index (χ0) is 24.9. The molecule has 33 heavy (non-hydrogen) atoms. The summed E-state index contributed by atoms with van der Waals surface area (Å²) < 4.78 is 48.3. The molecule has 0 aliphatic rings. The maximum atomic E-state index is 14.9. The first-order chi connectivity index (χ1) is 15.4. The van der Waals surface area contributed by atoms with Crippen LogP contribution in [0, 0.1) is 37.2 Å². The van der Waals surface area contributed by atoms with Crippen molar-refractivity contribution in [2.24, 2.45) is 11.7 Å². The number of amides is 1. The van der Waals surface area contributed by atoms with Gasteiger partial charge in [0.2, 0.25) is 5.91 Å². The lowest BCUT2D eigenvalue weighted by atomic mass is 9.91. The van der Waals surface area contributed by atoms with Gasteiger partial charge in [-0.25, -0.2) is 13.2 Å². The van der Waals surface area contributed by atoms with Crippen LogP contribution in [0.1, 0.15) is 56.3 Å². The number of rotatable bonds is 9. The number of esters is 1. The third-order valence-corrected chi connectivity index (χ3v) is 5.27. The molecule has 0 aliphatic heterocycles. The Balaban J connectivity index is 2.55. The van der Waals surface area contributed by atoms with Crippen molar-refractivity contribution in [1.82, 2.24) is 5.32 Å². The van der Waals surface area contributed by atoms with Crippen LogP contribution in [0.25, 0.3) is 11.1 Å². The van der Waals surface area contributed by atoms with Crippen molar-refractivity contribution in [2.45, 2.75) is 59.5 Å². The van der Waals surface area contributed by atoms with Gasteiger partial charge in [0.1, 0.15) is 5.82 Å². The average molecular weight is 465 g/mol. The highest BCUT2D eigenvalue weighted by molar-refractivity contribution is 5.83. The highest BCUT2D eigenvalue weighted by Gasteiger charge is 2.27. The predicted molar refractivity (Wildman–Crippen MR) is 121 cm³/mol. The first kappa shape index (κ1) is 26.4. The van der Waals surface area contributed by atoms with E-state index in [0.29, 0.717) is 28.7 Å². The first-order valence-electron chi connectivity index (χ1n) is 10.9. The van der Waals surface area contributed by atoms with Crippen LogP contribution in [0.3, 0.4) is 0 Å². The second-order valence-corrected chi connectivity index (χ2v) is 8.58. The topological polar surface area (TPSA) is 81.4 Å². The van der Waals surface area contributed by atoms with Crippen LogP contribution in [0.15, 0.2) is 24.3 Å². The quantitative estimate of drug-likeness (QED) is 0.519. The monoisotopic (exact) mass is 464 g/mol. The molecule has 0 saturated heterocycles. The Morgan fingerprint density at radius 1 is 1.06 bits per heavy atom. The van der Waals surface area contributed by atoms with E-state index in [1.165, 1.54) is 18.2 Å². The zero-order valence-electron chi connectivity index (χ0n) is 19.6. The molecule has 0 fully saturated rings. The average Bonchev–Trinajstić information content (AvgIpc) is 2.68. The number of aryl methyl sites for hydroxylation is 2. The van der Waals surface area contributed by atoms with Crippen LogP contribution in [0.5, 0.6) is 0 Å². The largest absolute Gasteiger partial charge is 0.466 e. The Morgan fingerprint density at radius 3 is 2.21 bits per heavy atom. The van der Waals surface area contributed by atoms with Crippen LogP contribution in [-0.4, -0.2) is 24.5 Å². The third kappa shape index (κ3) is 6.81. The molecule has 3 N–H and O–H groups in total. The molecule has 0 radical (unpaired) electrons. The Labute approximate surface area is 192 Å². The van der Waals surface area contributed by atoms with E-state index < -0.39 is 47.8 Å². The molecule has 0 heterocycles. The molecule has 8 heteroatoms. The van der Waals surface area contributed by atoms with E-state index in [-0.39, 0.29) is 18.1 Å². The van der Waals surface area contributed by atoms with Gasteiger partial charge >= 0.3 is 5.97 Å². The Bertz CT molecular complexity index is 1000. The Hall–Kier alpha value is -2.87. The molecule has 0 aromatic heterocycles. The number of ether oxygens (including phenoxy) is 1. The normalized spacial score (nSPS) is 13.0. The van der Waals surface area contributed by atoms with Crippen molar-refractivity contribution in [3.63, 3.8) is 0 Å². The summed E-state index contributed by atoms with van der Waals surface area (Å²) in [6.07, 6.45) is -0.0298.